The van der Waals surface area contributed by atoms with Gasteiger partial charge in [0.25, 0.3) is 5.89 Å². The fourth-order valence-electron chi connectivity index (χ4n) is 5.83. The minimum Gasteiger partial charge on any atom is -0.481 e. The smallest absolute Gasteiger partial charge is 0.416 e. The van der Waals surface area contributed by atoms with E-state index in [1.54, 1.807) is 6.07 Å². The SMILES string of the molecule is Cn1nc(-c2nnc(-c3ccc(CCN4CCC(CC(=O)O)CC4)c(C(F)(F)F)c3)o2)c2c1CC(C)(C)CC2. The molecule has 0 radical (unpaired) electrons. The third kappa shape index (κ3) is 6.03. The summed E-state index contributed by atoms with van der Waals surface area (Å²) in [7, 11) is 1.88. The lowest BCUT2D eigenvalue weighted by Gasteiger charge is -2.31. The number of nitrogens with zero attached hydrogens (tertiary/aromatic N) is 5. The summed E-state index contributed by atoms with van der Waals surface area (Å²) < 4.78 is 49.9. The molecule has 0 saturated carbocycles. The normalized spacial score (nSPS) is 18.3. The molecule has 1 fully saturated rings. The van der Waals surface area contributed by atoms with Crippen LogP contribution in [0.5, 0.6) is 0 Å². The molecule has 1 aliphatic carbocycles. The van der Waals surface area contributed by atoms with Gasteiger partial charge in [-0.3, -0.25) is 9.48 Å². The van der Waals surface area contributed by atoms with E-state index in [1.165, 1.54) is 6.07 Å². The number of carbonyl (C=O) groups is 1. The first-order valence-corrected chi connectivity index (χ1v) is 13.4. The summed E-state index contributed by atoms with van der Waals surface area (Å²) in [5, 5.41) is 21.8. The summed E-state index contributed by atoms with van der Waals surface area (Å²) in [5.74, 6) is -0.435. The van der Waals surface area contributed by atoms with E-state index in [0.29, 0.717) is 25.3 Å². The zero-order chi connectivity index (χ0) is 27.9. The Kier molecular flexibility index (Phi) is 7.30. The second kappa shape index (κ2) is 10.4. The van der Waals surface area contributed by atoms with Gasteiger partial charge in [0.05, 0.1) is 5.56 Å². The third-order valence-electron chi connectivity index (χ3n) is 8.13. The summed E-state index contributed by atoms with van der Waals surface area (Å²) in [5.41, 5.74) is 2.66. The van der Waals surface area contributed by atoms with Crippen LogP contribution in [-0.4, -0.2) is 55.6 Å². The maximum atomic E-state index is 14.1. The number of rotatable bonds is 7. The van der Waals surface area contributed by atoms with Crippen LogP contribution >= 0.6 is 0 Å². The van der Waals surface area contributed by atoms with Gasteiger partial charge in [0.2, 0.25) is 5.89 Å². The van der Waals surface area contributed by atoms with Gasteiger partial charge >= 0.3 is 12.1 Å². The van der Waals surface area contributed by atoms with Crippen molar-refractivity contribution >= 4 is 5.97 Å². The zero-order valence-corrected chi connectivity index (χ0v) is 22.5. The summed E-state index contributed by atoms with van der Waals surface area (Å²) in [6.07, 6.45) is 0.0429. The standard InChI is InChI=1S/C28H34F3N5O3/c1-27(2)10-6-20-22(16-27)35(3)34-24(20)26-33-32-25(39-26)19-5-4-18(21(15-19)28(29,30)31)9-13-36-11-7-17(8-12-36)14-23(37)38/h4-5,15,17H,6-14,16H2,1-3H3,(H,37,38). The summed E-state index contributed by atoms with van der Waals surface area (Å²) in [4.78, 5) is 13.0. The first kappa shape index (κ1) is 27.4. The average Bonchev–Trinajstić information content (AvgIpc) is 3.47. The molecule has 0 atom stereocenters. The van der Waals surface area contributed by atoms with Crippen molar-refractivity contribution in [2.45, 2.75) is 65.0 Å². The molecule has 1 aromatic carbocycles. The predicted octanol–water partition coefficient (Wildman–Crippen LogP) is 5.40. The lowest BCUT2D eigenvalue weighted by Crippen LogP contribution is -2.35. The summed E-state index contributed by atoms with van der Waals surface area (Å²) in [6, 6.07) is 4.17. The molecule has 3 heterocycles. The Morgan fingerprint density at radius 2 is 1.90 bits per heavy atom. The first-order valence-electron chi connectivity index (χ1n) is 13.4. The van der Waals surface area contributed by atoms with Crippen LogP contribution < -0.4 is 0 Å². The van der Waals surface area contributed by atoms with Crippen molar-refractivity contribution in [2.75, 3.05) is 19.6 Å². The Morgan fingerprint density at radius 3 is 2.59 bits per heavy atom. The van der Waals surface area contributed by atoms with Crippen molar-refractivity contribution in [3.8, 4) is 23.0 Å². The number of fused-ring (bicyclic) bond motifs is 1. The highest BCUT2D eigenvalue weighted by molar-refractivity contribution is 5.67. The molecule has 8 nitrogen and oxygen atoms in total. The van der Waals surface area contributed by atoms with Crippen LogP contribution in [0.1, 0.15) is 61.9 Å². The van der Waals surface area contributed by atoms with Gasteiger partial charge in [0, 0.05) is 36.8 Å². The van der Waals surface area contributed by atoms with Gasteiger partial charge in [-0.05, 0) is 80.6 Å². The molecular weight excluding hydrogens is 511 g/mol. The van der Waals surface area contributed by atoms with Gasteiger partial charge in [0.15, 0.2) is 5.69 Å². The van der Waals surface area contributed by atoms with Crippen LogP contribution in [0.2, 0.25) is 0 Å². The van der Waals surface area contributed by atoms with Gasteiger partial charge in [-0.1, -0.05) is 19.9 Å². The number of carboxylic acids is 1. The van der Waals surface area contributed by atoms with Gasteiger partial charge in [-0.25, -0.2) is 0 Å². The minimum atomic E-state index is -4.53. The van der Waals surface area contributed by atoms with E-state index in [1.807, 2.05) is 11.7 Å². The maximum Gasteiger partial charge on any atom is 0.416 e. The highest BCUT2D eigenvalue weighted by Gasteiger charge is 2.35. The Hall–Kier alpha value is -3.21. The molecule has 11 heteroatoms. The topological polar surface area (TPSA) is 97.3 Å². The number of halogens is 3. The molecule has 0 unspecified atom stereocenters. The Labute approximate surface area is 225 Å². The van der Waals surface area contributed by atoms with E-state index in [4.69, 9.17) is 9.52 Å². The molecule has 1 N–H and O–H groups in total. The number of aliphatic carboxylic acids is 1. The molecule has 39 heavy (non-hydrogen) atoms. The van der Waals surface area contributed by atoms with Gasteiger partial charge < -0.3 is 14.4 Å². The molecular formula is C28H34F3N5O3. The Balaban J connectivity index is 1.32. The second-order valence-electron chi connectivity index (χ2n) is 11.7. The van der Waals surface area contributed by atoms with E-state index in [2.05, 4.69) is 34.0 Å². The van der Waals surface area contributed by atoms with Gasteiger partial charge in [-0.2, -0.15) is 18.3 Å². The van der Waals surface area contributed by atoms with Crippen LogP contribution in [-0.2, 0) is 37.3 Å². The van der Waals surface area contributed by atoms with Crippen LogP contribution in [0, 0.1) is 11.3 Å². The van der Waals surface area contributed by atoms with Crippen LogP contribution in [0.4, 0.5) is 13.2 Å². The van der Waals surface area contributed by atoms with E-state index in [9.17, 15) is 18.0 Å². The number of aryl methyl sites for hydroxylation is 1. The molecule has 3 aromatic rings. The fraction of sp³-hybridized carbons (Fsp3) is 0.571. The van der Waals surface area contributed by atoms with Gasteiger partial charge in [-0.15, -0.1) is 10.2 Å². The number of aromatic nitrogens is 4. The number of alkyl halides is 3. The lowest BCUT2D eigenvalue weighted by atomic mass is 9.76. The van der Waals surface area contributed by atoms with Gasteiger partial charge in [0.1, 0.15) is 0 Å². The number of carboxylic acid groups (broad SMARTS) is 1. The van der Waals surface area contributed by atoms with E-state index in [0.717, 1.165) is 49.4 Å². The number of benzene rings is 1. The number of hydrogen-bond donors (Lipinski definition) is 1. The Morgan fingerprint density at radius 1 is 1.18 bits per heavy atom. The van der Waals surface area contributed by atoms with Crippen molar-refractivity contribution < 1.29 is 27.5 Å². The van der Waals surface area contributed by atoms with Crippen molar-refractivity contribution in [1.82, 2.24) is 24.9 Å². The highest BCUT2D eigenvalue weighted by Crippen LogP contribution is 2.40. The molecule has 0 bridgehead atoms. The molecule has 5 rings (SSSR count). The van der Waals surface area contributed by atoms with Crippen molar-refractivity contribution in [2.24, 2.45) is 18.4 Å². The lowest BCUT2D eigenvalue weighted by molar-refractivity contribution is -0.139. The summed E-state index contributed by atoms with van der Waals surface area (Å²) in [6.45, 7) is 6.31. The molecule has 2 aliphatic rings. The third-order valence-corrected chi connectivity index (χ3v) is 8.13. The monoisotopic (exact) mass is 545 g/mol. The first-order chi connectivity index (χ1) is 18.4. The maximum absolute atomic E-state index is 14.1. The zero-order valence-electron chi connectivity index (χ0n) is 22.5. The number of piperidine rings is 1. The highest BCUT2D eigenvalue weighted by atomic mass is 19.4. The number of hydrogen-bond acceptors (Lipinski definition) is 6. The average molecular weight is 546 g/mol. The largest absolute Gasteiger partial charge is 0.481 e. The number of likely N-dealkylation sites (tertiary alicyclic amines) is 1. The molecule has 1 aliphatic heterocycles. The molecule has 210 valence electrons. The van der Waals surface area contributed by atoms with E-state index in [-0.39, 0.29) is 47.1 Å². The fourth-order valence-corrected chi connectivity index (χ4v) is 5.83. The van der Waals surface area contributed by atoms with Crippen molar-refractivity contribution in [1.29, 1.82) is 0 Å². The van der Waals surface area contributed by atoms with E-state index < -0.39 is 17.7 Å². The second-order valence-corrected chi connectivity index (χ2v) is 11.7. The van der Waals surface area contributed by atoms with E-state index >= 15 is 0 Å². The predicted molar refractivity (Wildman–Crippen MR) is 138 cm³/mol. The Bertz CT molecular complexity index is 1350. The minimum absolute atomic E-state index is 0.0260. The van der Waals surface area contributed by atoms with Crippen LogP contribution in [0.15, 0.2) is 22.6 Å². The van der Waals surface area contributed by atoms with Crippen molar-refractivity contribution in [3.05, 3.63) is 40.6 Å². The molecule has 2 aromatic heterocycles. The molecule has 1 saturated heterocycles. The van der Waals surface area contributed by atoms with Crippen LogP contribution in [0.25, 0.3) is 23.0 Å². The van der Waals surface area contributed by atoms with Crippen LogP contribution in [0.3, 0.4) is 0 Å². The molecule has 0 spiro atoms. The quantitative estimate of drug-likeness (QED) is 0.425. The van der Waals surface area contributed by atoms with Crippen molar-refractivity contribution in [3.63, 3.8) is 0 Å². The molecule has 0 amide bonds. The summed E-state index contributed by atoms with van der Waals surface area (Å²) >= 11 is 0.